The Morgan fingerprint density at radius 1 is 1.21 bits per heavy atom. The standard InChI is InChI=1S/C12H13FN2O9/c13-9-10(17)8(4-16)24-12(11(9)18)23-7-2-1-5(14(19)20)3-6(7)15(21)22/h1-3,8-12,16-18H,4H2/t8-,9+,10+,11-,12-/m1/s1. The van der Waals surface area contributed by atoms with E-state index in [0.29, 0.717) is 6.07 Å². The maximum atomic E-state index is 13.8. The van der Waals surface area contributed by atoms with E-state index in [9.17, 15) is 34.8 Å². The maximum Gasteiger partial charge on any atom is 0.317 e. The first-order valence-electron chi connectivity index (χ1n) is 6.62. The van der Waals surface area contributed by atoms with Gasteiger partial charge in [-0.05, 0) is 6.07 Å². The molecule has 1 aliphatic rings. The number of rotatable bonds is 5. The van der Waals surface area contributed by atoms with E-state index in [2.05, 4.69) is 0 Å². The van der Waals surface area contributed by atoms with Crippen LogP contribution < -0.4 is 4.74 Å². The van der Waals surface area contributed by atoms with Crippen molar-refractivity contribution in [2.75, 3.05) is 6.61 Å². The predicted octanol–water partition coefficient (Wildman–Crippen LogP) is -0.341. The molecule has 0 spiro atoms. The molecule has 5 atom stereocenters. The Kier molecular flexibility index (Phi) is 5.23. The number of hydrogen-bond acceptors (Lipinski definition) is 9. The number of nitro groups is 2. The number of nitro benzene ring substituents is 2. The van der Waals surface area contributed by atoms with Crippen molar-refractivity contribution in [1.29, 1.82) is 0 Å². The van der Waals surface area contributed by atoms with Crippen LogP contribution in [0.25, 0.3) is 0 Å². The number of benzene rings is 1. The van der Waals surface area contributed by atoms with Crippen molar-refractivity contribution in [3.05, 3.63) is 38.4 Å². The third-order valence-electron chi connectivity index (χ3n) is 3.39. The van der Waals surface area contributed by atoms with Gasteiger partial charge in [-0.2, -0.15) is 0 Å². The quantitative estimate of drug-likeness (QED) is 0.476. The summed E-state index contributed by atoms with van der Waals surface area (Å²) in [5.74, 6) is -0.505. The average molecular weight is 348 g/mol. The number of nitrogens with zero attached hydrogens (tertiary/aromatic N) is 2. The third kappa shape index (κ3) is 3.41. The molecule has 0 bridgehead atoms. The lowest BCUT2D eigenvalue weighted by atomic mass is 10.0. The molecule has 0 unspecified atom stereocenters. The molecule has 3 N–H and O–H groups in total. The largest absolute Gasteiger partial charge is 0.455 e. The number of non-ortho nitro benzene ring substituents is 1. The van der Waals surface area contributed by atoms with Gasteiger partial charge in [0.15, 0.2) is 6.17 Å². The van der Waals surface area contributed by atoms with Gasteiger partial charge in [-0.3, -0.25) is 20.2 Å². The van der Waals surface area contributed by atoms with Gasteiger partial charge in [0.05, 0.1) is 22.5 Å². The van der Waals surface area contributed by atoms with Crippen LogP contribution in [0.5, 0.6) is 5.75 Å². The van der Waals surface area contributed by atoms with Crippen molar-refractivity contribution in [3.8, 4) is 5.75 Å². The molecule has 1 fully saturated rings. The Hall–Kier alpha value is -2.41. The fourth-order valence-electron chi connectivity index (χ4n) is 2.13. The molecule has 2 rings (SSSR count). The molecule has 1 aromatic carbocycles. The summed E-state index contributed by atoms with van der Waals surface area (Å²) in [4.78, 5) is 19.9. The van der Waals surface area contributed by atoms with Gasteiger partial charge < -0.3 is 24.8 Å². The molecule has 11 nitrogen and oxygen atoms in total. The van der Waals surface area contributed by atoms with E-state index in [0.717, 1.165) is 12.1 Å². The summed E-state index contributed by atoms with van der Waals surface area (Å²) < 4.78 is 23.8. The van der Waals surface area contributed by atoms with E-state index in [1.54, 1.807) is 0 Å². The Bertz CT molecular complexity index is 641. The molecular weight excluding hydrogens is 335 g/mol. The molecule has 12 heteroatoms. The highest BCUT2D eigenvalue weighted by Gasteiger charge is 2.46. The first-order chi connectivity index (χ1) is 11.3. The minimum atomic E-state index is -2.22. The van der Waals surface area contributed by atoms with Crippen molar-refractivity contribution in [1.82, 2.24) is 0 Å². The predicted molar refractivity (Wildman–Crippen MR) is 73.0 cm³/mol. The molecule has 0 aliphatic carbocycles. The van der Waals surface area contributed by atoms with Gasteiger partial charge >= 0.3 is 5.69 Å². The average Bonchev–Trinajstić information content (AvgIpc) is 2.55. The van der Waals surface area contributed by atoms with Gasteiger partial charge in [0.1, 0.15) is 18.3 Å². The molecular formula is C12H13FN2O9. The van der Waals surface area contributed by atoms with E-state index in [-0.39, 0.29) is 0 Å². The topological polar surface area (TPSA) is 165 Å². The monoisotopic (exact) mass is 348 g/mol. The van der Waals surface area contributed by atoms with Gasteiger partial charge in [-0.25, -0.2) is 4.39 Å². The first-order valence-corrected chi connectivity index (χ1v) is 6.62. The maximum absolute atomic E-state index is 13.8. The van der Waals surface area contributed by atoms with Crippen molar-refractivity contribution in [2.45, 2.75) is 30.8 Å². The highest BCUT2D eigenvalue weighted by Crippen LogP contribution is 2.34. The SMILES string of the molecule is O=[N+]([O-])c1ccc(O[C@@H]2O[C@H](CO)[C@H](O)[C@H](F)[C@H]2O)c([N+](=O)[O-])c1. The van der Waals surface area contributed by atoms with Crippen LogP contribution in [-0.2, 0) is 4.74 Å². The van der Waals surface area contributed by atoms with Gasteiger partial charge in [0, 0.05) is 6.07 Å². The number of alkyl halides is 1. The van der Waals surface area contributed by atoms with Gasteiger partial charge in [0.25, 0.3) is 5.69 Å². The van der Waals surface area contributed by atoms with E-state index in [1.165, 1.54) is 0 Å². The van der Waals surface area contributed by atoms with Crippen LogP contribution in [0.1, 0.15) is 0 Å². The molecule has 0 amide bonds. The number of ether oxygens (including phenoxy) is 2. The molecule has 0 saturated carbocycles. The van der Waals surface area contributed by atoms with Crippen LogP contribution in [0.15, 0.2) is 18.2 Å². The highest BCUT2D eigenvalue weighted by molar-refractivity contribution is 5.53. The van der Waals surface area contributed by atoms with E-state index in [1.807, 2.05) is 0 Å². The highest BCUT2D eigenvalue weighted by atomic mass is 19.1. The molecule has 132 valence electrons. The second-order valence-corrected chi connectivity index (χ2v) is 4.94. The molecule has 24 heavy (non-hydrogen) atoms. The molecule has 1 saturated heterocycles. The van der Waals surface area contributed by atoms with E-state index < -0.39 is 64.4 Å². The van der Waals surface area contributed by atoms with Gasteiger partial charge in [-0.1, -0.05) is 0 Å². The van der Waals surface area contributed by atoms with Crippen LogP contribution in [0.2, 0.25) is 0 Å². The van der Waals surface area contributed by atoms with Crippen LogP contribution in [0.3, 0.4) is 0 Å². The van der Waals surface area contributed by atoms with E-state index >= 15 is 0 Å². The number of hydrogen-bond donors (Lipinski definition) is 3. The zero-order chi connectivity index (χ0) is 18.0. The molecule has 0 aromatic heterocycles. The minimum Gasteiger partial charge on any atom is -0.455 e. The fourth-order valence-corrected chi connectivity index (χ4v) is 2.13. The Morgan fingerprint density at radius 2 is 1.88 bits per heavy atom. The molecule has 1 heterocycles. The second kappa shape index (κ2) is 7.00. The van der Waals surface area contributed by atoms with Crippen LogP contribution in [-0.4, -0.2) is 62.5 Å². The molecule has 1 aromatic rings. The lowest BCUT2D eigenvalue weighted by Crippen LogP contribution is -2.58. The zero-order valence-corrected chi connectivity index (χ0v) is 11.9. The zero-order valence-electron chi connectivity index (χ0n) is 11.9. The summed E-state index contributed by atoms with van der Waals surface area (Å²) in [5, 5.41) is 49.9. The van der Waals surface area contributed by atoms with Crippen molar-refractivity contribution in [2.24, 2.45) is 0 Å². The summed E-state index contributed by atoms with van der Waals surface area (Å²) in [6.07, 6.45) is -9.20. The molecule has 1 aliphatic heterocycles. The fraction of sp³-hybridized carbons (Fsp3) is 0.500. The lowest BCUT2D eigenvalue weighted by Gasteiger charge is -2.38. The Labute approximate surface area is 133 Å². The normalized spacial score (nSPS) is 29.9. The Morgan fingerprint density at radius 3 is 2.42 bits per heavy atom. The summed E-state index contributed by atoms with van der Waals surface area (Å²) in [5.41, 5.74) is -1.35. The number of halogens is 1. The van der Waals surface area contributed by atoms with Crippen LogP contribution in [0, 0.1) is 20.2 Å². The smallest absolute Gasteiger partial charge is 0.317 e. The van der Waals surface area contributed by atoms with Gasteiger partial charge in [-0.15, -0.1) is 0 Å². The summed E-state index contributed by atoms with van der Waals surface area (Å²) >= 11 is 0. The number of aliphatic hydroxyl groups is 3. The van der Waals surface area contributed by atoms with Crippen molar-refractivity contribution < 1.29 is 39.0 Å². The second-order valence-electron chi connectivity index (χ2n) is 4.94. The summed E-state index contributed by atoms with van der Waals surface area (Å²) in [7, 11) is 0. The lowest BCUT2D eigenvalue weighted by molar-refractivity contribution is -0.395. The van der Waals surface area contributed by atoms with Crippen LogP contribution >= 0.6 is 0 Å². The summed E-state index contributed by atoms with van der Waals surface area (Å²) in [6.45, 7) is -0.781. The molecule has 0 radical (unpaired) electrons. The Balaban J connectivity index is 2.29. The number of aliphatic hydroxyl groups excluding tert-OH is 3. The third-order valence-corrected chi connectivity index (χ3v) is 3.39. The summed E-state index contributed by atoms with van der Waals surface area (Å²) in [6, 6.07) is 2.46. The van der Waals surface area contributed by atoms with Crippen molar-refractivity contribution >= 4 is 11.4 Å². The minimum absolute atomic E-state index is 0.505. The first kappa shape index (κ1) is 17.9. The van der Waals surface area contributed by atoms with E-state index in [4.69, 9.17) is 14.6 Å². The van der Waals surface area contributed by atoms with Crippen LogP contribution in [0.4, 0.5) is 15.8 Å². The van der Waals surface area contributed by atoms with Crippen molar-refractivity contribution in [3.63, 3.8) is 0 Å². The van der Waals surface area contributed by atoms with Gasteiger partial charge in [0.2, 0.25) is 12.0 Å².